The Morgan fingerprint density at radius 1 is 1.11 bits per heavy atom. The minimum Gasteiger partial charge on any atom is -0.465 e. The van der Waals surface area contributed by atoms with Crippen molar-refractivity contribution in [1.82, 2.24) is 4.90 Å². The van der Waals surface area contributed by atoms with E-state index < -0.39 is 29.4 Å². The van der Waals surface area contributed by atoms with Crippen LogP contribution in [0.15, 0.2) is 11.6 Å². The number of nitrogens with zero attached hydrogens (tertiary/aromatic N) is 1. The van der Waals surface area contributed by atoms with Crippen molar-refractivity contribution in [2.45, 2.75) is 94.1 Å². The van der Waals surface area contributed by atoms with E-state index in [1.807, 2.05) is 13.0 Å². The first kappa shape index (κ1) is 27.5. The molecule has 0 unspecified atom stereocenters. The van der Waals surface area contributed by atoms with E-state index in [4.69, 9.17) is 18.6 Å². The third kappa shape index (κ3) is 4.63. The zero-order chi connectivity index (χ0) is 25.5. The van der Waals surface area contributed by atoms with Gasteiger partial charge in [0.15, 0.2) is 19.9 Å². The average molecular weight is 573 g/mol. The third-order valence-electron chi connectivity index (χ3n) is 8.23. The Morgan fingerprint density at radius 2 is 1.83 bits per heavy atom. The second-order valence-electron chi connectivity index (χ2n) is 11.5. The van der Waals surface area contributed by atoms with Crippen LogP contribution < -0.4 is 0 Å². The highest BCUT2D eigenvalue weighted by Gasteiger charge is 2.72. The Labute approximate surface area is 219 Å². The number of carbonyl (C=O) groups excluding carboxylic acids is 2. The van der Waals surface area contributed by atoms with Crippen LogP contribution in [0.1, 0.15) is 58.8 Å². The van der Waals surface area contributed by atoms with Crippen molar-refractivity contribution in [2.24, 2.45) is 5.41 Å². The van der Waals surface area contributed by atoms with E-state index in [-0.39, 0.29) is 18.2 Å². The molecule has 2 aliphatic heterocycles. The highest BCUT2D eigenvalue weighted by atomic mass is 79.9. The first-order valence-electron chi connectivity index (χ1n) is 13.3. The monoisotopic (exact) mass is 571 g/mol. The van der Waals surface area contributed by atoms with Crippen LogP contribution in [0.2, 0.25) is 19.6 Å². The highest BCUT2D eigenvalue weighted by molar-refractivity contribution is 9.10. The topological polar surface area (TPSA) is 74.3 Å². The van der Waals surface area contributed by atoms with Gasteiger partial charge in [0.2, 0.25) is 0 Å². The first-order chi connectivity index (χ1) is 16.5. The number of ketones is 1. The lowest BCUT2D eigenvalue weighted by Gasteiger charge is -2.66. The summed E-state index contributed by atoms with van der Waals surface area (Å²) in [6, 6.07) is 0. The van der Waals surface area contributed by atoms with E-state index in [0.29, 0.717) is 51.2 Å². The fourth-order valence-electron chi connectivity index (χ4n) is 6.96. The maximum absolute atomic E-state index is 13.9. The number of hydrogen-bond donors (Lipinski definition) is 0. The quantitative estimate of drug-likeness (QED) is 0.227. The predicted octanol–water partition coefficient (Wildman–Crippen LogP) is 4.59. The van der Waals surface area contributed by atoms with Crippen LogP contribution in [-0.4, -0.2) is 80.1 Å². The van der Waals surface area contributed by atoms with Gasteiger partial charge in [0.05, 0.1) is 29.7 Å². The van der Waals surface area contributed by atoms with Gasteiger partial charge in [-0.05, 0) is 58.8 Å². The van der Waals surface area contributed by atoms with Crippen molar-refractivity contribution in [3.05, 3.63) is 11.6 Å². The molecule has 3 atom stereocenters. The Balaban J connectivity index is 1.74. The van der Waals surface area contributed by atoms with Crippen molar-refractivity contribution in [3.8, 4) is 0 Å². The van der Waals surface area contributed by atoms with Crippen LogP contribution in [0.3, 0.4) is 0 Å². The normalized spacial score (nSPS) is 34.7. The molecule has 0 amide bonds. The molecule has 0 aromatic heterocycles. The van der Waals surface area contributed by atoms with E-state index in [2.05, 4.69) is 47.4 Å². The van der Waals surface area contributed by atoms with Crippen LogP contribution in [0.5, 0.6) is 0 Å². The van der Waals surface area contributed by atoms with E-state index in [0.717, 1.165) is 32.4 Å². The number of fused-ring (bicyclic) bond motifs is 2. The second-order valence-corrected chi connectivity index (χ2v) is 17.4. The summed E-state index contributed by atoms with van der Waals surface area (Å²) in [5, 5.41) is 0. The van der Waals surface area contributed by atoms with Crippen LogP contribution in [0.25, 0.3) is 0 Å². The minimum absolute atomic E-state index is 0.0362. The lowest BCUT2D eigenvalue weighted by atomic mass is 9.54. The number of hydrogen-bond acceptors (Lipinski definition) is 7. The molecule has 0 N–H and O–H groups in total. The number of esters is 1. The summed E-state index contributed by atoms with van der Waals surface area (Å²) in [5.41, 5.74) is -1.02. The van der Waals surface area contributed by atoms with Gasteiger partial charge in [0.1, 0.15) is 5.41 Å². The van der Waals surface area contributed by atoms with Crippen molar-refractivity contribution in [1.29, 1.82) is 0 Å². The summed E-state index contributed by atoms with van der Waals surface area (Å²) < 4.78 is 24.3. The Morgan fingerprint density at radius 3 is 2.46 bits per heavy atom. The highest BCUT2D eigenvalue weighted by Crippen LogP contribution is 2.62. The fourth-order valence-corrected chi connectivity index (χ4v) is 9.94. The van der Waals surface area contributed by atoms with E-state index >= 15 is 0 Å². The second kappa shape index (κ2) is 9.95. The van der Waals surface area contributed by atoms with Gasteiger partial charge in [0, 0.05) is 31.5 Å². The molecule has 2 saturated heterocycles. The molecule has 1 saturated carbocycles. The van der Waals surface area contributed by atoms with Crippen molar-refractivity contribution in [2.75, 3.05) is 39.5 Å². The van der Waals surface area contributed by atoms with Gasteiger partial charge in [-0.3, -0.25) is 9.59 Å². The van der Waals surface area contributed by atoms with Gasteiger partial charge < -0.3 is 23.5 Å². The van der Waals surface area contributed by atoms with Gasteiger partial charge in [-0.15, -0.1) is 0 Å². The fraction of sp³-hybridized carbons (Fsp3) is 0.846. The minimum atomic E-state index is -2.15. The van der Waals surface area contributed by atoms with Gasteiger partial charge >= 0.3 is 5.97 Å². The van der Waals surface area contributed by atoms with Crippen molar-refractivity contribution < 1.29 is 28.2 Å². The Kier molecular flexibility index (Phi) is 7.80. The summed E-state index contributed by atoms with van der Waals surface area (Å²) in [6.45, 7) is 14.1. The maximum Gasteiger partial charge on any atom is 0.316 e. The number of Topliss-reactive ketones (excluding diaryl/α,β-unsaturated/α-hetero) is 1. The molecular formula is C26H42BrNO6Si. The maximum atomic E-state index is 13.9. The summed E-state index contributed by atoms with van der Waals surface area (Å²) in [6.07, 6.45) is 6.70. The number of ether oxygens (including phenoxy) is 3. The molecule has 1 spiro atoms. The molecular weight excluding hydrogens is 530 g/mol. The van der Waals surface area contributed by atoms with Gasteiger partial charge in [0.25, 0.3) is 0 Å². The Bertz CT molecular complexity index is 868. The van der Waals surface area contributed by atoms with E-state index in [1.54, 1.807) is 0 Å². The number of piperidine rings is 1. The molecule has 3 fully saturated rings. The first-order valence-corrected chi connectivity index (χ1v) is 17.5. The summed E-state index contributed by atoms with van der Waals surface area (Å²) >= 11 is 4.16. The van der Waals surface area contributed by atoms with E-state index in [1.165, 1.54) is 0 Å². The van der Waals surface area contributed by atoms with E-state index in [9.17, 15) is 9.59 Å². The molecule has 9 heteroatoms. The SMILES string of the molecule is CCOC(=O)[C@]12CCC[C@](Br)(CN(CC)C1)[C@@]2(CCC(=O)C1=CCCC12OCCO2)O[Si](C)(C)C. The number of carbonyl (C=O) groups is 2. The average Bonchev–Trinajstić information content (AvgIpc) is 3.42. The number of alkyl halides is 1. The molecule has 2 heterocycles. The smallest absolute Gasteiger partial charge is 0.316 e. The standard InChI is InChI=1S/C26H42BrNO6Si/c1-6-28-18-23(22(30)31-7-2)12-9-13-24(27,19-28)26(23,34-35(3,4)5)15-11-21(29)20-10-8-14-25(20)32-16-17-33-25/h10H,6-9,11-19H2,1-5H3/t23-,24-,26-/m0/s1. The molecule has 0 aromatic rings. The molecule has 7 nitrogen and oxygen atoms in total. The Hall–Kier alpha value is -0.583. The summed E-state index contributed by atoms with van der Waals surface area (Å²) in [5.74, 6) is -1.03. The zero-order valence-corrected chi connectivity index (χ0v) is 24.6. The molecule has 2 aliphatic carbocycles. The molecule has 4 rings (SSSR count). The number of rotatable bonds is 9. The van der Waals surface area contributed by atoms with Crippen LogP contribution in [0, 0.1) is 5.41 Å². The lowest BCUT2D eigenvalue weighted by molar-refractivity contribution is -0.205. The summed E-state index contributed by atoms with van der Waals surface area (Å²) in [4.78, 5) is 29.9. The van der Waals surface area contributed by atoms with Crippen LogP contribution in [-0.2, 0) is 28.2 Å². The van der Waals surface area contributed by atoms with Gasteiger partial charge in [-0.25, -0.2) is 0 Å². The largest absolute Gasteiger partial charge is 0.465 e. The zero-order valence-electron chi connectivity index (χ0n) is 22.0. The van der Waals surface area contributed by atoms with Crippen LogP contribution >= 0.6 is 15.9 Å². The van der Waals surface area contributed by atoms with Crippen molar-refractivity contribution >= 4 is 36.0 Å². The molecule has 198 valence electrons. The molecule has 0 aromatic carbocycles. The van der Waals surface area contributed by atoms with Crippen molar-refractivity contribution in [3.63, 3.8) is 0 Å². The molecule has 0 radical (unpaired) electrons. The van der Waals surface area contributed by atoms with Gasteiger partial charge in [-0.2, -0.15) is 0 Å². The van der Waals surface area contributed by atoms with Crippen LogP contribution in [0.4, 0.5) is 0 Å². The molecule has 35 heavy (non-hydrogen) atoms. The number of allylic oxidation sites excluding steroid dienone is 1. The third-order valence-corrected chi connectivity index (χ3v) is 10.5. The molecule has 2 bridgehead atoms. The lowest BCUT2D eigenvalue weighted by Crippen LogP contribution is -2.78. The number of halogens is 1. The summed E-state index contributed by atoms with van der Waals surface area (Å²) in [7, 11) is -2.15. The molecule has 4 aliphatic rings. The predicted molar refractivity (Wildman–Crippen MR) is 140 cm³/mol. The van der Waals surface area contributed by atoms with Gasteiger partial charge in [-0.1, -0.05) is 35.4 Å². The number of likely N-dealkylation sites (tertiary alicyclic amines) is 1.